The van der Waals surface area contributed by atoms with E-state index < -0.39 is 6.10 Å². The molecule has 4 heteroatoms. The van der Waals surface area contributed by atoms with E-state index in [4.69, 9.17) is 17.0 Å². The highest BCUT2D eigenvalue weighted by Crippen LogP contribution is 2.26. The lowest BCUT2D eigenvalue weighted by atomic mass is 9.93. The van der Waals surface area contributed by atoms with Crippen LogP contribution in [0.1, 0.15) is 50.0 Å². The monoisotopic (exact) mass is 332 g/mol. The van der Waals surface area contributed by atoms with E-state index in [0.29, 0.717) is 5.05 Å². The molecule has 1 aromatic rings. The first-order valence-corrected chi connectivity index (χ1v) is 8.57. The highest BCUT2D eigenvalue weighted by molar-refractivity contribution is 7.80. The van der Waals surface area contributed by atoms with E-state index in [-0.39, 0.29) is 18.1 Å². The van der Waals surface area contributed by atoms with Gasteiger partial charge in [0.15, 0.2) is 10.8 Å². The summed E-state index contributed by atoms with van der Waals surface area (Å²) in [4.78, 5) is 11.6. The molecule has 0 aliphatic heterocycles. The van der Waals surface area contributed by atoms with Gasteiger partial charge in [-0.05, 0) is 48.7 Å². The molecule has 2 unspecified atom stereocenters. The molecule has 0 heterocycles. The largest absolute Gasteiger partial charge is 0.490 e. The number of allylic oxidation sites excluding steroid dienone is 1. The third-order valence-electron chi connectivity index (χ3n) is 4.27. The molecule has 0 amide bonds. The molecule has 1 aromatic carbocycles. The first-order valence-electron chi connectivity index (χ1n) is 8.16. The smallest absolute Gasteiger partial charge is 0.166 e. The van der Waals surface area contributed by atoms with Crippen molar-refractivity contribution in [3.8, 4) is 0 Å². The second-order valence-electron chi connectivity index (χ2n) is 5.97. The lowest BCUT2D eigenvalue weighted by Crippen LogP contribution is -2.12. The summed E-state index contributed by atoms with van der Waals surface area (Å²) in [6.07, 6.45) is 6.14. The van der Waals surface area contributed by atoms with Crippen LogP contribution in [0.15, 0.2) is 42.0 Å². The van der Waals surface area contributed by atoms with Crippen LogP contribution in [-0.4, -0.2) is 29.2 Å². The van der Waals surface area contributed by atoms with Gasteiger partial charge in [0.1, 0.15) is 0 Å². The predicted molar refractivity (Wildman–Crippen MR) is 95.6 cm³/mol. The predicted octanol–water partition coefficient (Wildman–Crippen LogP) is 3.95. The van der Waals surface area contributed by atoms with Crippen LogP contribution >= 0.6 is 12.2 Å². The van der Waals surface area contributed by atoms with Gasteiger partial charge in [0, 0.05) is 6.42 Å². The maximum atomic E-state index is 11.6. The molecule has 0 saturated heterocycles. The number of carbonyl (C=O) groups excluding carboxylic acids is 1. The topological polar surface area (TPSA) is 46.5 Å². The summed E-state index contributed by atoms with van der Waals surface area (Å²) in [6.45, 7) is 0. The number of unbranched alkanes of at least 4 members (excludes halogenated alkanes) is 2. The van der Waals surface area contributed by atoms with E-state index in [2.05, 4.69) is 12.1 Å². The minimum atomic E-state index is -0.570. The molecule has 1 aliphatic carbocycles. The maximum absolute atomic E-state index is 11.6. The van der Waals surface area contributed by atoms with Crippen molar-refractivity contribution in [2.75, 3.05) is 7.11 Å². The molecule has 124 valence electrons. The van der Waals surface area contributed by atoms with Crippen molar-refractivity contribution in [2.24, 2.45) is 0 Å². The number of rotatable bonds is 8. The van der Waals surface area contributed by atoms with E-state index >= 15 is 0 Å². The Morgan fingerprint density at radius 2 is 2.04 bits per heavy atom. The Morgan fingerprint density at radius 3 is 2.65 bits per heavy atom. The van der Waals surface area contributed by atoms with Crippen LogP contribution in [-0.2, 0) is 9.53 Å². The third kappa shape index (κ3) is 5.26. The van der Waals surface area contributed by atoms with E-state index in [1.54, 1.807) is 13.2 Å². The first kappa shape index (κ1) is 17.8. The highest BCUT2D eigenvalue weighted by atomic mass is 32.1. The molecule has 2 atom stereocenters. The molecule has 1 N–H and O–H groups in total. The van der Waals surface area contributed by atoms with Gasteiger partial charge in [-0.25, -0.2) is 0 Å². The summed E-state index contributed by atoms with van der Waals surface area (Å²) < 4.78 is 5.28. The zero-order valence-electron chi connectivity index (χ0n) is 13.5. The Hall–Kier alpha value is -1.52. The summed E-state index contributed by atoms with van der Waals surface area (Å²) in [5.41, 5.74) is 1.99. The number of ether oxygens (including phenoxy) is 1. The normalized spacial score (nSPS) is 18.6. The van der Waals surface area contributed by atoms with E-state index in [1.165, 1.54) is 5.56 Å². The van der Waals surface area contributed by atoms with Crippen LogP contribution in [0.4, 0.5) is 0 Å². The summed E-state index contributed by atoms with van der Waals surface area (Å²) >= 11 is 5.35. The quantitative estimate of drug-likeness (QED) is 0.578. The second-order valence-corrected chi connectivity index (χ2v) is 6.37. The molecule has 2 rings (SSSR count). The van der Waals surface area contributed by atoms with Gasteiger partial charge in [0.25, 0.3) is 0 Å². The van der Waals surface area contributed by atoms with Gasteiger partial charge in [-0.3, -0.25) is 4.79 Å². The lowest BCUT2D eigenvalue weighted by Gasteiger charge is -2.17. The van der Waals surface area contributed by atoms with Crippen molar-refractivity contribution in [1.29, 1.82) is 0 Å². The van der Waals surface area contributed by atoms with Crippen LogP contribution in [0.2, 0.25) is 0 Å². The van der Waals surface area contributed by atoms with Crippen LogP contribution in [0.25, 0.3) is 0 Å². The van der Waals surface area contributed by atoms with E-state index in [0.717, 1.165) is 37.7 Å². The second kappa shape index (κ2) is 8.94. The summed E-state index contributed by atoms with van der Waals surface area (Å²) in [5, 5.41) is 10.1. The number of benzene rings is 1. The average Bonchev–Trinajstić information content (AvgIpc) is 2.88. The summed E-state index contributed by atoms with van der Waals surface area (Å²) in [6, 6.07) is 10.2. The number of hydrogen-bond acceptors (Lipinski definition) is 4. The summed E-state index contributed by atoms with van der Waals surface area (Å²) in [7, 11) is 1.63. The van der Waals surface area contributed by atoms with Gasteiger partial charge in [0.2, 0.25) is 0 Å². The molecule has 1 aliphatic rings. The molecule has 0 fully saturated rings. The SMILES string of the molecule is COC(=S)C(CCCCCC1=CC(O)CC1=O)c1ccccc1. The number of methoxy groups -OCH3 is 1. The van der Waals surface area contributed by atoms with Crippen molar-refractivity contribution < 1.29 is 14.6 Å². The molecule has 0 bridgehead atoms. The number of aliphatic hydroxyl groups excluding tert-OH is 1. The Labute approximate surface area is 143 Å². The average molecular weight is 332 g/mol. The zero-order valence-corrected chi connectivity index (χ0v) is 14.3. The molecule has 0 saturated carbocycles. The van der Waals surface area contributed by atoms with Gasteiger partial charge >= 0.3 is 0 Å². The minimum absolute atomic E-state index is 0.0974. The van der Waals surface area contributed by atoms with Gasteiger partial charge in [0.05, 0.1) is 19.1 Å². The number of thiocarbonyl (C=S) groups is 1. The minimum Gasteiger partial charge on any atom is -0.490 e. The van der Waals surface area contributed by atoms with Gasteiger partial charge in [-0.1, -0.05) is 43.2 Å². The van der Waals surface area contributed by atoms with Crippen LogP contribution < -0.4 is 0 Å². The molecule has 0 radical (unpaired) electrons. The summed E-state index contributed by atoms with van der Waals surface area (Å²) in [5.74, 6) is 0.241. The number of hydrogen-bond donors (Lipinski definition) is 1. The van der Waals surface area contributed by atoms with E-state index in [9.17, 15) is 9.90 Å². The molecule has 3 nitrogen and oxygen atoms in total. The van der Waals surface area contributed by atoms with Crippen molar-refractivity contribution in [3.05, 3.63) is 47.5 Å². The Bertz CT molecular complexity index is 565. The number of carbonyl (C=O) groups is 1. The molecular weight excluding hydrogens is 308 g/mol. The van der Waals surface area contributed by atoms with Crippen molar-refractivity contribution >= 4 is 23.1 Å². The molecular formula is C19H24O3S. The maximum Gasteiger partial charge on any atom is 0.166 e. The Morgan fingerprint density at radius 1 is 1.30 bits per heavy atom. The highest BCUT2D eigenvalue weighted by Gasteiger charge is 2.21. The Kier molecular flexibility index (Phi) is 6.93. The standard InChI is InChI=1S/C19H24O3S/c1-22-19(23)17(14-8-4-2-5-9-14)11-7-3-6-10-15-12-16(20)13-18(15)21/h2,4-5,8-9,12,16-17,20H,3,6-7,10-11,13H2,1H3. The van der Waals surface area contributed by atoms with Gasteiger partial charge in [-0.15, -0.1) is 0 Å². The van der Waals surface area contributed by atoms with Crippen molar-refractivity contribution in [1.82, 2.24) is 0 Å². The van der Waals surface area contributed by atoms with E-state index in [1.807, 2.05) is 18.2 Å². The fourth-order valence-electron chi connectivity index (χ4n) is 3.02. The first-order chi connectivity index (χ1) is 11.1. The number of aliphatic hydroxyl groups is 1. The van der Waals surface area contributed by atoms with Gasteiger partial charge < -0.3 is 9.84 Å². The lowest BCUT2D eigenvalue weighted by molar-refractivity contribution is -0.115. The zero-order chi connectivity index (χ0) is 16.7. The Balaban J connectivity index is 1.78. The van der Waals surface area contributed by atoms with Crippen LogP contribution in [0, 0.1) is 0 Å². The molecule has 0 spiro atoms. The van der Waals surface area contributed by atoms with Crippen molar-refractivity contribution in [2.45, 2.75) is 50.5 Å². The molecule has 23 heavy (non-hydrogen) atoms. The van der Waals surface area contributed by atoms with Crippen LogP contribution in [0.3, 0.4) is 0 Å². The fourth-order valence-corrected chi connectivity index (χ4v) is 3.27. The third-order valence-corrected chi connectivity index (χ3v) is 4.72. The number of Topliss-reactive ketones (excluding diaryl/α,β-unsaturated/α-hetero) is 1. The number of ketones is 1. The van der Waals surface area contributed by atoms with Crippen LogP contribution in [0.5, 0.6) is 0 Å². The van der Waals surface area contributed by atoms with Crippen molar-refractivity contribution in [3.63, 3.8) is 0 Å². The molecule has 0 aromatic heterocycles. The fraction of sp³-hybridized carbons (Fsp3) is 0.474. The van der Waals surface area contributed by atoms with Gasteiger partial charge in [-0.2, -0.15) is 0 Å².